The van der Waals surface area contributed by atoms with Crippen molar-refractivity contribution in [2.24, 2.45) is 5.73 Å². The van der Waals surface area contributed by atoms with E-state index in [0.717, 1.165) is 11.3 Å². The molecule has 0 aliphatic carbocycles. The molecule has 0 spiro atoms. The zero-order valence-corrected chi connectivity index (χ0v) is 5.81. The maximum absolute atomic E-state index is 5.62. The Balaban J connectivity index is 2.75. The average Bonchev–Trinajstić information content (AvgIpc) is 1.80. The third-order valence-electron chi connectivity index (χ3n) is 1.45. The minimum absolute atomic E-state index is 0.383. The van der Waals surface area contributed by atoms with Crippen LogP contribution in [0.2, 0.25) is 0 Å². The standard InChI is InChI=1S/C7H12N2/c1-5-4-9-6(2)3-7(5)8/h3-4,6,9H,8H2,1-2H3. The normalized spacial score (nSPS) is 26.2. The first-order chi connectivity index (χ1) is 4.20. The van der Waals surface area contributed by atoms with Crippen LogP contribution in [0, 0.1) is 0 Å². The molecule has 0 aromatic rings. The lowest BCUT2D eigenvalue weighted by Crippen LogP contribution is -2.24. The van der Waals surface area contributed by atoms with Crippen LogP contribution in [0.5, 0.6) is 0 Å². The minimum Gasteiger partial charge on any atom is -0.399 e. The fourth-order valence-corrected chi connectivity index (χ4v) is 0.789. The summed E-state index contributed by atoms with van der Waals surface area (Å²) in [4.78, 5) is 0. The van der Waals surface area contributed by atoms with Gasteiger partial charge in [-0.1, -0.05) is 0 Å². The molecule has 0 fully saturated rings. The van der Waals surface area contributed by atoms with E-state index in [0.29, 0.717) is 6.04 Å². The highest BCUT2D eigenvalue weighted by molar-refractivity contribution is 5.30. The highest BCUT2D eigenvalue weighted by atomic mass is 14.9. The van der Waals surface area contributed by atoms with Gasteiger partial charge in [-0.15, -0.1) is 0 Å². The highest BCUT2D eigenvalue weighted by Crippen LogP contribution is 2.06. The number of nitrogens with two attached hydrogens (primary N) is 1. The molecule has 0 radical (unpaired) electrons. The lowest BCUT2D eigenvalue weighted by molar-refractivity contribution is 0.742. The summed E-state index contributed by atoms with van der Waals surface area (Å²) in [5.74, 6) is 0. The summed E-state index contributed by atoms with van der Waals surface area (Å²) in [7, 11) is 0. The average molecular weight is 124 g/mol. The Kier molecular flexibility index (Phi) is 1.47. The smallest absolute Gasteiger partial charge is 0.0433 e. The summed E-state index contributed by atoms with van der Waals surface area (Å²) >= 11 is 0. The molecule has 1 aliphatic rings. The van der Waals surface area contributed by atoms with Crippen LogP contribution in [0.4, 0.5) is 0 Å². The summed E-state index contributed by atoms with van der Waals surface area (Å²) in [6.45, 7) is 4.06. The maximum Gasteiger partial charge on any atom is 0.0433 e. The van der Waals surface area contributed by atoms with Crippen LogP contribution in [0.3, 0.4) is 0 Å². The molecule has 50 valence electrons. The van der Waals surface area contributed by atoms with E-state index in [1.165, 1.54) is 0 Å². The van der Waals surface area contributed by atoms with Gasteiger partial charge in [0.2, 0.25) is 0 Å². The second-order valence-corrected chi connectivity index (χ2v) is 2.40. The zero-order chi connectivity index (χ0) is 6.85. The summed E-state index contributed by atoms with van der Waals surface area (Å²) < 4.78 is 0. The van der Waals surface area contributed by atoms with E-state index in [1.807, 2.05) is 19.2 Å². The number of hydrogen-bond acceptors (Lipinski definition) is 2. The van der Waals surface area contributed by atoms with Crippen molar-refractivity contribution in [3.63, 3.8) is 0 Å². The van der Waals surface area contributed by atoms with Crippen LogP contribution < -0.4 is 11.1 Å². The number of dihydropyridines is 1. The fraction of sp³-hybridized carbons (Fsp3) is 0.429. The third kappa shape index (κ3) is 1.25. The van der Waals surface area contributed by atoms with E-state index < -0.39 is 0 Å². The maximum atomic E-state index is 5.62. The Morgan fingerprint density at radius 2 is 2.33 bits per heavy atom. The van der Waals surface area contributed by atoms with Gasteiger partial charge in [-0.2, -0.15) is 0 Å². The summed E-state index contributed by atoms with van der Waals surface area (Å²) in [5.41, 5.74) is 7.63. The Morgan fingerprint density at radius 3 is 2.78 bits per heavy atom. The van der Waals surface area contributed by atoms with Crippen molar-refractivity contribution in [3.8, 4) is 0 Å². The molecule has 1 unspecified atom stereocenters. The lowest BCUT2D eigenvalue weighted by atomic mass is 10.1. The number of allylic oxidation sites excluding steroid dienone is 1. The van der Waals surface area contributed by atoms with Crippen LogP contribution >= 0.6 is 0 Å². The summed E-state index contributed by atoms with van der Waals surface area (Å²) in [5, 5.41) is 3.14. The van der Waals surface area contributed by atoms with Gasteiger partial charge in [-0.05, 0) is 25.5 Å². The predicted molar refractivity (Wildman–Crippen MR) is 38.6 cm³/mol. The minimum atomic E-state index is 0.383. The lowest BCUT2D eigenvalue weighted by Gasteiger charge is -2.15. The molecule has 9 heavy (non-hydrogen) atoms. The van der Waals surface area contributed by atoms with E-state index >= 15 is 0 Å². The molecule has 0 saturated carbocycles. The molecule has 1 heterocycles. The van der Waals surface area contributed by atoms with Crippen molar-refractivity contribution >= 4 is 0 Å². The molecule has 0 saturated heterocycles. The number of nitrogens with one attached hydrogen (secondary N) is 1. The van der Waals surface area contributed by atoms with Gasteiger partial charge in [0.25, 0.3) is 0 Å². The quantitative estimate of drug-likeness (QED) is 0.499. The molecule has 1 aliphatic heterocycles. The first-order valence-corrected chi connectivity index (χ1v) is 3.10. The van der Waals surface area contributed by atoms with Crippen LogP contribution in [0.1, 0.15) is 13.8 Å². The SMILES string of the molecule is CC1=CNC(C)C=C1N. The second kappa shape index (κ2) is 2.13. The molecule has 0 amide bonds. The van der Waals surface area contributed by atoms with Gasteiger partial charge in [0.15, 0.2) is 0 Å². The van der Waals surface area contributed by atoms with Crippen molar-refractivity contribution in [3.05, 3.63) is 23.5 Å². The summed E-state index contributed by atoms with van der Waals surface area (Å²) in [6.07, 6.45) is 3.95. The number of hydrogen-bond donors (Lipinski definition) is 2. The van der Waals surface area contributed by atoms with Crippen molar-refractivity contribution in [2.75, 3.05) is 0 Å². The van der Waals surface area contributed by atoms with Crippen LogP contribution in [-0.2, 0) is 0 Å². The predicted octanol–water partition coefficient (Wildman–Crippen LogP) is 0.725. The Bertz CT molecular complexity index is 168. The van der Waals surface area contributed by atoms with Crippen LogP contribution in [0.15, 0.2) is 23.5 Å². The van der Waals surface area contributed by atoms with Crippen molar-refractivity contribution < 1.29 is 0 Å². The van der Waals surface area contributed by atoms with Crippen molar-refractivity contribution in [1.29, 1.82) is 0 Å². The molecule has 3 N–H and O–H groups in total. The van der Waals surface area contributed by atoms with Gasteiger partial charge in [-0.25, -0.2) is 0 Å². The van der Waals surface area contributed by atoms with E-state index in [4.69, 9.17) is 5.73 Å². The van der Waals surface area contributed by atoms with E-state index in [2.05, 4.69) is 12.2 Å². The van der Waals surface area contributed by atoms with E-state index in [-0.39, 0.29) is 0 Å². The molecule has 0 bridgehead atoms. The molecule has 0 aromatic heterocycles. The topological polar surface area (TPSA) is 38.0 Å². The molecule has 2 heteroatoms. The largest absolute Gasteiger partial charge is 0.399 e. The first kappa shape index (κ1) is 6.20. The Hall–Kier alpha value is -0.920. The van der Waals surface area contributed by atoms with Gasteiger partial charge in [0, 0.05) is 17.9 Å². The number of rotatable bonds is 0. The second-order valence-electron chi connectivity index (χ2n) is 2.40. The van der Waals surface area contributed by atoms with Gasteiger partial charge >= 0.3 is 0 Å². The summed E-state index contributed by atoms with van der Waals surface area (Å²) in [6, 6.07) is 0.383. The first-order valence-electron chi connectivity index (χ1n) is 3.10. The fourth-order valence-electron chi connectivity index (χ4n) is 0.789. The van der Waals surface area contributed by atoms with Crippen molar-refractivity contribution in [2.45, 2.75) is 19.9 Å². The molecular weight excluding hydrogens is 112 g/mol. The van der Waals surface area contributed by atoms with Gasteiger partial charge in [0.05, 0.1) is 0 Å². The molecule has 1 atom stereocenters. The molecule has 1 rings (SSSR count). The van der Waals surface area contributed by atoms with Gasteiger partial charge < -0.3 is 11.1 Å². The Labute approximate surface area is 55.4 Å². The molecular formula is C7H12N2. The van der Waals surface area contributed by atoms with Crippen LogP contribution in [0.25, 0.3) is 0 Å². The monoisotopic (exact) mass is 124 g/mol. The third-order valence-corrected chi connectivity index (χ3v) is 1.45. The molecule has 0 aromatic carbocycles. The van der Waals surface area contributed by atoms with Gasteiger partial charge in [-0.3, -0.25) is 0 Å². The van der Waals surface area contributed by atoms with Crippen molar-refractivity contribution in [1.82, 2.24) is 5.32 Å². The van der Waals surface area contributed by atoms with Crippen LogP contribution in [-0.4, -0.2) is 6.04 Å². The molecule has 2 nitrogen and oxygen atoms in total. The zero-order valence-electron chi connectivity index (χ0n) is 5.81. The van der Waals surface area contributed by atoms with Gasteiger partial charge in [0.1, 0.15) is 0 Å². The Morgan fingerprint density at radius 1 is 1.67 bits per heavy atom. The van der Waals surface area contributed by atoms with E-state index in [9.17, 15) is 0 Å². The highest BCUT2D eigenvalue weighted by Gasteiger charge is 2.03. The van der Waals surface area contributed by atoms with E-state index in [1.54, 1.807) is 0 Å².